The summed E-state index contributed by atoms with van der Waals surface area (Å²) in [5.41, 5.74) is 1.87. The van der Waals surface area contributed by atoms with Crippen LogP contribution < -0.4 is 10.9 Å². The van der Waals surface area contributed by atoms with Gasteiger partial charge in [-0.05, 0) is 35.0 Å². The van der Waals surface area contributed by atoms with Gasteiger partial charge in [-0.1, -0.05) is 0 Å². The van der Waals surface area contributed by atoms with E-state index in [0.717, 1.165) is 33.6 Å². The first-order valence-corrected chi connectivity index (χ1v) is 7.42. The Morgan fingerprint density at radius 3 is 3.22 bits per heavy atom. The standard InChI is InChI=1S/C12H12BrN3OS/c13-8-3-9(18-6-8)5-16-7-15-11-4-14-2-1-10(11)12(16)17/h3,6-7,14H,1-2,4-5H2. The molecule has 0 amide bonds. The number of nitrogens with zero attached hydrogens (tertiary/aromatic N) is 2. The maximum Gasteiger partial charge on any atom is 0.257 e. The maximum absolute atomic E-state index is 12.3. The Hall–Kier alpha value is -0.980. The van der Waals surface area contributed by atoms with E-state index in [0.29, 0.717) is 13.1 Å². The molecule has 2 aromatic heterocycles. The van der Waals surface area contributed by atoms with Crippen LogP contribution in [-0.2, 0) is 19.5 Å². The summed E-state index contributed by atoms with van der Waals surface area (Å²) < 4.78 is 2.76. The molecule has 2 aromatic rings. The summed E-state index contributed by atoms with van der Waals surface area (Å²) in [5, 5.41) is 5.25. The van der Waals surface area contributed by atoms with Crippen molar-refractivity contribution in [2.24, 2.45) is 0 Å². The molecule has 0 atom stereocenters. The fourth-order valence-electron chi connectivity index (χ4n) is 2.11. The first kappa shape index (κ1) is 12.1. The lowest BCUT2D eigenvalue weighted by Gasteiger charge is -2.16. The predicted molar refractivity (Wildman–Crippen MR) is 75.0 cm³/mol. The molecule has 0 unspecified atom stereocenters. The highest BCUT2D eigenvalue weighted by molar-refractivity contribution is 9.10. The van der Waals surface area contributed by atoms with Crippen LogP contribution in [0.5, 0.6) is 0 Å². The normalized spacial score (nSPS) is 14.5. The molecule has 4 nitrogen and oxygen atoms in total. The van der Waals surface area contributed by atoms with Crippen molar-refractivity contribution < 1.29 is 0 Å². The van der Waals surface area contributed by atoms with E-state index >= 15 is 0 Å². The second kappa shape index (κ2) is 4.95. The van der Waals surface area contributed by atoms with Crippen molar-refractivity contribution >= 4 is 27.3 Å². The van der Waals surface area contributed by atoms with Gasteiger partial charge < -0.3 is 5.32 Å². The molecule has 0 fully saturated rings. The Kier molecular flexibility index (Phi) is 3.32. The average molecular weight is 326 g/mol. The third-order valence-corrected chi connectivity index (χ3v) is 4.69. The van der Waals surface area contributed by atoms with Gasteiger partial charge in [0.05, 0.1) is 18.6 Å². The van der Waals surface area contributed by atoms with Crippen molar-refractivity contribution in [2.45, 2.75) is 19.5 Å². The molecular formula is C12H12BrN3OS. The number of nitrogens with one attached hydrogen (secondary N) is 1. The van der Waals surface area contributed by atoms with Crippen LogP contribution in [0.3, 0.4) is 0 Å². The zero-order chi connectivity index (χ0) is 12.5. The zero-order valence-electron chi connectivity index (χ0n) is 9.65. The number of aromatic nitrogens is 2. The van der Waals surface area contributed by atoms with E-state index in [-0.39, 0.29) is 5.56 Å². The zero-order valence-corrected chi connectivity index (χ0v) is 12.1. The van der Waals surface area contributed by atoms with Gasteiger partial charge in [-0.2, -0.15) is 0 Å². The summed E-state index contributed by atoms with van der Waals surface area (Å²) in [6.45, 7) is 2.16. The van der Waals surface area contributed by atoms with E-state index in [4.69, 9.17) is 0 Å². The predicted octanol–water partition coefficient (Wildman–Crippen LogP) is 1.76. The fraction of sp³-hybridized carbons (Fsp3) is 0.333. The Morgan fingerprint density at radius 2 is 2.44 bits per heavy atom. The van der Waals surface area contributed by atoms with Crippen LogP contribution >= 0.6 is 27.3 Å². The van der Waals surface area contributed by atoms with Crippen molar-refractivity contribution in [3.8, 4) is 0 Å². The molecule has 18 heavy (non-hydrogen) atoms. The Labute approximate surface area is 117 Å². The van der Waals surface area contributed by atoms with E-state index in [1.165, 1.54) is 0 Å². The van der Waals surface area contributed by atoms with Gasteiger partial charge in [0, 0.05) is 26.8 Å². The summed E-state index contributed by atoms with van der Waals surface area (Å²) in [5.74, 6) is 0. The topological polar surface area (TPSA) is 46.9 Å². The summed E-state index contributed by atoms with van der Waals surface area (Å²) >= 11 is 5.07. The Morgan fingerprint density at radius 1 is 1.56 bits per heavy atom. The summed E-state index contributed by atoms with van der Waals surface area (Å²) in [6.07, 6.45) is 2.43. The number of fused-ring (bicyclic) bond motifs is 1. The van der Waals surface area contributed by atoms with E-state index in [9.17, 15) is 4.79 Å². The van der Waals surface area contributed by atoms with Gasteiger partial charge in [-0.25, -0.2) is 4.98 Å². The minimum Gasteiger partial charge on any atom is -0.311 e. The number of thiophene rings is 1. The lowest BCUT2D eigenvalue weighted by Crippen LogP contribution is -2.34. The third-order valence-electron chi connectivity index (χ3n) is 3.01. The first-order chi connectivity index (χ1) is 8.74. The smallest absolute Gasteiger partial charge is 0.257 e. The van der Waals surface area contributed by atoms with Gasteiger partial charge in [0.25, 0.3) is 5.56 Å². The van der Waals surface area contributed by atoms with Crippen LogP contribution in [0.25, 0.3) is 0 Å². The average Bonchev–Trinajstić information content (AvgIpc) is 2.79. The molecule has 1 aliphatic heterocycles. The third kappa shape index (κ3) is 2.28. The van der Waals surface area contributed by atoms with E-state index in [2.05, 4.69) is 26.2 Å². The van der Waals surface area contributed by atoms with Crippen LogP contribution in [0.15, 0.2) is 27.0 Å². The van der Waals surface area contributed by atoms with Crippen LogP contribution in [-0.4, -0.2) is 16.1 Å². The minimum absolute atomic E-state index is 0.103. The Bertz CT molecular complexity index is 634. The molecule has 6 heteroatoms. The molecule has 0 saturated heterocycles. The SMILES string of the molecule is O=c1c2c(ncn1Cc1cc(Br)cs1)CNCC2. The van der Waals surface area contributed by atoms with Gasteiger partial charge in [-0.15, -0.1) is 11.3 Å². The van der Waals surface area contributed by atoms with Gasteiger partial charge in [0.15, 0.2) is 0 Å². The first-order valence-electron chi connectivity index (χ1n) is 5.75. The minimum atomic E-state index is 0.103. The second-order valence-electron chi connectivity index (χ2n) is 4.26. The molecule has 0 bridgehead atoms. The van der Waals surface area contributed by atoms with Crippen molar-refractivity contribution in [3.05, 3.63) is 48.7 Å². The molecule has 1 N–H and O–H groups in total. The molecule has 0 saturated carbocycles. The lowest BCUT2D eigenvalue weighted by atomic mass is 10.1. The molecule has 0 spiro atoms. The highest BCUT2D eigenvalue weighted by Crippen LogP contribution is 2.20. The van der Waals surface area contributed by atoms with Crippen molar-refractivity contribution in [2.75, 3.05) is 6.54 Å². The van der Waals surface area contributed by atoms with Crippen LogP contribution in [0, 0.1) is 0 Å². The highest BCUT2D eigenvalue weighted by atomic mass is 79.9. The van der Waals surface area contributed by atoms with Gasteiger partial charge in [-0.3, -0.25) is 9.36 Å². The molecule has 94 valence electrons. The van der Waals surface area contributed by atoms with Gasteiger partial charge in [0.2, 0.25) is 0 Å². The molecule has 0 aromatic carbocycles. The number of halogens is 1. The van der Waals surface area contributed by atoms with E-state index in [1.807, 2.05) is 11.4 Å². The molecular weight excluding hydrogens is 314 g/mol. The summed E-state index contributed by atoms with van der Waals surface area (Å²) in [4.78, 5) is 17.8. The molecule has 3 rings (SSSR count). The summed E-state index contributed by atoms with van der Waals surface area (Å²) in [7, 11) is 0. The molecule has 0 aliphatic carbocycles. The van der Waals surface area contributed by atoms with Crippen LogP contribution in [0.1, 0.15) is 16.1 Å². The second-order valence-corrected chi connectivity index (χ2v) is 6.17. The molecule has 1 aliphatic rings. The van der Waals surface area contributed by atoms with E-state index < -0.39 is 0 Å². The summed E-state index contributed by atoms with van der Waals surface area (Å²) in [6, 6.07) is 2.04. The lowest BCUT2D eigenvalue weighted by molar-refractivity contribution is 0.597. The highest BCUT2D eigenvalue weighted by Gasteiger charge is 2.15. The van der Waals surface area contributed by atoms with Gasteiger partial charge >= 0.3 is 0 Å². The fourth-order valence-corrected chi connectivity index (χ4v) is 3.56. The monoisotopic (exact) mass is 325 g/mol. The van der Waals surface area contributed by atoms with Crippen LogP contribution in [0.4, 0.5) is 0 Å². The quantitative estimate of drug-likeness (QED) is 0.915. The number of rotatable bonds is 2. The van der Waals surface area contributed by atoms with Crippen molar-refractivity contribution in [1.29, 1.82) is 0 Å². The van der Waals surface area contributed by atoms with Crippen molar-refractivity contribution in [3.63, 3.8) is 0 Å². The number of hydrogen-bond donors (Lipinski definition) is 1. The van der Waals surface area contributed by atoms with Crippen LogP contribution in [0.2, 0.25) is 0 Å². The van der Waals surface area contributed by atoms with E-state index in [1.54, 1.807) is 22.2 Å². The maximum atomic E-state index is 12.3. The number of hydrogen-bond acceptors (Lipinski definition) is 4. The molecule has 3 heterocycles. The van der Waals surface area contributed by atoms with Crippen molar-refractivity contribution in [1.82, 2.24) is 14.9 Å². The molecule has 0 radical (unpaired) electrons. The largest absolute Gasteiger partial charge is 0.311 e. The Balaban J connectivity index is 1.96. The van der Waals surface area contributed by atoms with Gasteiger partial charge in [0.1, 0.15) is 0 Å².